The van der Waals surface area contributed by atoms with Gasteiger partial charge in [0, 0.05) is 38.1 Å². The van der Waals surface area contributed by atoms with Gasteiger partial charge in [-0.2, -0.15) is 0 Å². The van der Waals surface area contributed by atoms with Crippen molar-refractivity contribution in [3.63, 3.8) is 0 Å². The van der Waals surface area contributed by atoms with Gasteiger partial charge >= 0.3 is 5.97 Å². The lowest BCUT2D eigenvalue weighted by Gasteiger charge is -2.25. The van der Waals surface area contributed by atoms with E-state index >= 15 is 0 Å². The van der Waals surface area contributed by atoms with Crippen LogP contribution >= 0.6 is 0 Å². The van der Waals surface area contributed by atoms with Crippen LogP contribution in [0, 0.1) is 0 Å². The molecule has 2 aromatic rings. The molecule has 7 nitrogen and oxygen atoms in total. The molecule has 1 saturated heterocycles. The van der Waals surface area contributed by atoms with E-state index in [0.29, 0.717) is 18.7 Å². The molecule has 1 aromatic heterocycles. The number of likely N-dealkylation sites (N-methyl/N-ethyl adjacent to an activating group) is 1. The van der Waals surface area contributed by atoms with Crippen molar-refractivity contribution >= 4 is 23.4 Å². The first-order valence-electron chi connectivity index (χ1n) is 9.92. The molecule has 0 saturated carbocycles. The Kier molecular flexibility index (Phi) is 6.82. The molecule has 29 heavy (non-hydrogen) atoms. The number of benzene rings is 1. The lowest BCUT2D eigenvalue weighted by molar-refractivity contribution is -0.138. The third kappa shape index (κ3) is 5.32. The second kappa shape index (κ2) is 9.52. The van der Waals surface area contributed by atoms with Gasteiger partial charge in [0.2, 0.25) is 0 Å². The molecule has 3 rings (SSSR count). The van der Waals surface area contributed by atoms with Crippen LogP contribution in [-0.4, -0.2) is 71.5 Å². The maximum Gasteiger partial charge on any atom is 0.317 e. The third-order valence-corrected chi connectivity index (χ3v) is 5.47. The lowest BCUT2D eigenvalue weighted by Crippen LogP contribution is -2.37. The SMILES string of the molecule is CN(c1ccccc1)c1ccc(C(=O)N2CCCC(N(C)CC(=O)O)CC2)cn1. The highest BCUT2D eigenvalue weighted by Crippen LogP contribution is 2.22. The number of hydrogen-bond acceptors (Lipinski definition) is 5. The van der Waals surface area contributed by atoms with Gasteiger partial charge in [0.25, 0.3) is 5.91 Å². The second-order valence-electron chi connectivity index (χ2n) is 7.49. The van der Waals surface area contributed by atoms with Gasteiger partial charge in [-0.3, -0.25) is 14.5 Å². The molecular weight excluding hydrogens is 368 g/mol. The number of carboxylic acids is 1. The fraction of sp³-hybridized carbons (Fsp3) is 0.409. The van der Waals surface area contributed by atoms with Gasteiger partial charge in [0.1, 0.15) is 5.82 Å². The molecule has 1 aliphatic rings. The number of nitrogens with zero attached hydrogens (tertiary/aromatic N) is 4. The van der Waals surface area contributed by atoms with Crippen molar-refractivity contribution in [2.24, 2.45) is 0 Å². The highest BCUT2D eigenvalue weighted by molar-refractivity contribution is 5.94. The van der Waals surface area contributed by atoms with Crippen molar-refractivity contribution < 1.29 is 14.7 Å². The fourth-order valence-electron chi connectivity index (χ4n) is 3.74. The summed E-state index contributed by atoms with van der Waals surface area (Å²) in [4.78, 5) is 34.0. The Hall–Kier alpha value is -2.93. The van der Waals surface area contributed by atoms with Crippen molar-refractivity contribution in [3.8, 4) is 0 Å². The summed E-state index contributed by atoms with van der Waals surface area (Å²) < 4.78 is 0. The smallest absolute Gasteiger partial charge is 0.317 e. The Balaban J connectivity index is 1.62. The van der Waals surface area contributed by atoms with Gasteiger partial charge in [0.15, 0.2) is 0 Å². The topological polar surface area (TPSA) is 77.0 Å². The number of carboxylic acid groups (broad SMARTS) is 1. The normalized spacial score (nSPS) is 17.1. The van der Waals surface area contributed by atoms with E-state index in [1.165, 1.54) is 0 Å². The van der Waals surface area contributed by atoms with Gasteiger partial charge < -0.3 is 14.9 Å². The number of rotatable bonds is 6. The van der Waals surface area contributed by atoms with Gasteiger partial charge in [0.05, 0.1) is 12.1 Å². The van der Waals surface area contributed by atoms with Crippen LogP contribution < -0.4 is 4.90 Å². The van der Waals surface area contributed by atoms with E-state index in [2.05, 4.69) is 4.98 Å². The fourth-order valence-corrected chi connectivity index (χ4v) is 3.74. The molecule has 0 bridgehead atoms. The third-order valence-electron chi connectivity index (χ3n) is 5.47. The van der Waals surface area contributed by atoms with E-state index in [1.54, 1.807) is 6.20 Å². The largest absolute Gasteiger partial charge is 0.480 e. The zero-order valence-electron chi connectivity index (χ0n) is 17.0. The maximum absolute atomic E-state index is 12.9. The Morgan fingerprint density at radius 3 is 2.52 bits per heavy atom. The van der Waals surface area contributed by atoms with E-state index in [9.17, 15) is 9.59 Å². The molecule has 1 aliphatic heterocycles. The summed E-state index contributed by atoms with van der Waals surface area (Å²) in [5, 5.41) is 8.99. The molecule has 0 radical (unpaired) electrons. The molecule has 1 fully saturated rings. The summed E-state index contributed by atoms with van der Waals surface area (Å²) in [7, 11) is 3.78. The average Bonchev–Trinajstić information content (AvgIpc) is 2.99. The molecule has 154 valence electrons. The number of aromatic nitrogens is 1. The quantitative estimate of drug-likeness (QED) is 0.809. The zero-order chi connectivity index (χ0) is 20.8. The van der Waals surface area contributed by atoms with Crippen molar-refractivity contribution in [2.75, 3.05) is 38.6 Å². The summed E-state index contributed by atoms with van der Waals surface area (Å²) in [5.74, 6) is -0.0664. The molecule has 0 aliphatic carbocycles. The van der Waals surface area contributed by atoms with Gasteiger partial charge in [-0.15, -0.1) is 0 Å². The van der Waals surface area contributed by atoms with E-state index in [1.807, 2.05) is 71.3 Å². The van der Waals surface area contributed by atoms with Crippen molar-refractivity contribution in [1.29, 1.82) is 0 Å². The van der Waals surface area contributed by atoms with Gasteiger partial charge in [-0.1, -0.05) is 18.2 Å². The Morgan fingerprint density at radius 2 is 1.86 bits per heavy atom. The Labute approximate surface area is 171 Å². The molecule has 1 unspecified atom stereocenters. The number of amides is 1. The molecule has 1 aromatic carbocycles. The highest BCUT2D eigenvalue weighted by atomic mass is 16.4. The molecule has 1 N–H and O–H groups in total. The number of carbonyl (C=O) groups excluding carboxylic acids is 1. The number of likely N-dealkylation sites (tertiary alicyclic amines) is 1. The van der Waals surface area contributed by atoms with Crippen LogP contribution in [-0.2, 0) is 4.79 Å². The van der Waals surface area contributed by atoms with E-state index in [0.717, 1.165) is 30.8 Å². The molecule has 1 amide bonds. The number of pyridine rings is 1. The molecular formula is C22H28N4O3. The summed E-state index contributed by atoms with van der Waals surface area (Å²) >= 11 is 0. The highest BCUT2D eigenvalue weighted by Gasteiger charge is 2.24. The summed E-state index contributed by atoms with van der Waals surface area (Å²) in [5.41, 5.74) is 1.61. The Morgan fingerprint density at radius 1 is 1.10 bits per heavy atom. The van der Waals surface area contributed by atoms with Crippen LogP contribution in [0.1, 0.15) is 29.6 Å². The van der Waals surface area contributed by atoms with Crippen LogP contribution in [0.3, 0.4) is 0 Å². The number of para-hydroxylation sites is 1. The number of hydrogen-bond donors (Lipinski definition) is 1. The molecule has 7 heteroatoms. The van der Waals surface area contributed by atoms with E-state index in [-0.39, 0.29) is 18.5 Å². The lowest BCUT2D eigenvalue weighted by atomic mass is 10.1. The van der Waals surface area contributed by atoms with Gasteiger partial charge in [-0.05, 0) is 50.6 Å². The minimum Gasteiger partial charge on any atom is -0.480 e. The van der Waals surface area contributed by atoms with Crippen LogP contribution in [0.5, 0.6) is 0 Å². The maximum atomic E-state index is 12.9. The summed E-state index contributed by atoms with van der Waals surface area (Å²) in [6, 6.07) is 13.8. The minimum atomic E-state index is -0.823. The number of aliphatic carboxylic acids is 1. The van der Waals surface area contributed by atoms with E-state index < -0.39 is 5.97 Å². The van der Waals surface area contributed by atoms with Crippen molar-refractivity contribution in [3.05, 3.63) is 54.2 Å². The summed E-state index contributed by atoms with van der Waals surface area (Å²) in [6.45, 7) is 1.33. The first kappa shape index (κ1) is 20.8. The van der Waals surface area contributed by atoms with Crippen LogP contribution in [0.15, 0.2) is 48.7 Å². The average molecular weight is 396 g/mol. The minimum absolute atomic E-state index is 0.0204. The second-order valence-corrected chi connectivity index (χ2v) is 7.49. The van der Waals surface area contributed by atoms with Crippen LogP contribution in [0.4, 0.5) is 11.5 Å². The predicted molar refractivity (Wildman–Crippen MR) is 113 cm³/mol. The zero-order valence-corrected chi connectivity index (χ0v) is 17.0. The van der Waals surface area contributed by atoms with E-state index in [4.69, 9.17) is 5.11 Å². The van der Waals surface area contributed by atoms with Crippen molar-refractivity contribution in [1.82, 2.24) is 14.8 Å². The standard InChI is InChI=1S/C22H28N4O3/c1-24(16-21(27)28)18-9-6-13-26(14-12-18)22(29)17-10-11-20(23-15-17)25(2)19-7-4-3-5-8-19/h3-5,7-8,10-11,15,18H,6,9,12-14,16H2,1-2H3,(H,27,28). The summed E-state index contributed by atoms with van der Waals surface area (Å²) in [6.07, 6.45) is 4.17. The number of carbonyl (C=O) groups is 2. The molecule has 1 atom stereocenters. The molecule has 0 spiro atoms. The van der Waals surface area contributed by atoms with Crippen molar-refractivity contribution in [2.45, 2.75) is 25.3 Å². The Bertz CT molecular complexity index is 826. The van der Waals surface area contributed by atoms with Crippen LogP contribution in [0.25, 0.3) is 0 Å². The first-order chi connectivity index (χ1) is 14.0. The van der Waals surface area contributed by atoms with Gasteiger partial charge in [-0.25, -0.2) is 4.98 Å². The monoisotopic (exact) mass is 396 g/mol. The number of anilines is 2. The predicted octanol–water partition coefficient (Wildman–Crippen LogP) is 2.86. The van der Waals surface area contributed by atoms with Crippen LogP contribution in [0.2, 0.25) is 0 Å². The molecule has 2 heterocycles. The first-order valence-corrected chi connectivity index (χ1v) is 9.92.